The molecule has 3 nitrogen and oxygen atoms in total. The van der Waals surface area contributed by atoms with Crippen molar-refractivity contribution in [2.24, 2.45) is 0 Å². The second-order valence-electron chi connectivity index (χ2n) is 3.84. The number of hydrogen-bond donors (Lipinski definition) is 0. The summed E-state index contributed by atoms with van der Waals surface area (Å²) in [5, 5.41) is 0. The monoisotopic (exact) mass is 239 g/mol. The summed E-state index contributed by atoms with van der Waals surface area (Å²) in [7, 11) is 1.85. The number of rotatable bonds is 5. The van der Waals surface area contributed by atoms with E-state index in [0.29, 0.717) is 12.5 Å². The van der Waals surface area contributed by atoms with Gasteiger partial charge in [0.2, 0.25) is 9.05 Å². The van der Waals surface area contributed by atoms with Crippen LogP contribution < -0.4 is 0 Å². The molecule has 0 aromatic rings. The highest BCUT2D eigenvalue weighted by atomic mass is 35.7. The Bertz CT molecular complexity index is 266. The van der Waals surface area contributed by atoms with Crippen LogP contribution in [-0.4, -0.2) is 38.2 Å². The van der Waals surface area contributed by atoms with Gasteiger partial charge in [0.25, 0.3) is 0 Å². The van der Waals surface area contributed by atoms with Crippen LogP contribution in [0.3, 0.4) is 0 Å². The second kappa shape index (κ2) is 5.33. The number of nitrogens with zero attached hydrogens (tertiary/aromatic N) is 1. The van der Waals surface area contributed by atoms with Crippen molar-refractivity contribution < 1.29 is 8.42 Å². The lowest BCUT2D eigenvalue weighted by atomic mass is 10.2. The van der Waals surface area contributed by atoms with Crippen molar-refractivity contribution in [3.63, 3.8) is 0 Å². The third-order valence-electron chi connectivity index (χ3n) is 2.80. The van der Waals surface area contributed by atoms with Crippen LogP contribution in [0.15, 0.2) is 0 Å². The molecule has 0 spiro atoms. The van der Waals surface area contributed by atoms with Crippen LogP contribution in [0.4, 0.5) is 0 Å². The molecule has 0 amide bonds. The van der Waals surface area contributed by atoms with E-state index in [-0.39, 0.29) is 5.75 Å². The number of hydrogen-bond acceptors (Lipinski definition) is 3. The summed E-state index contributed by atoms with van der Waals surface area (Å²) >= 11 is 0. The first-order chi connectivity index (χ1) is 6.53. The topological polar surface area (TPSA) is 37.4 Å². The summed E-state index contributed by atoms with van der Waals surface area (Å²) in [6, 6.07) is 0.660. The fraction of sp³-hybridized carbons (Fsp3) is 1.00. The minimum Gasteiger partial charge on any atom is -0.300 e. The van der Waals surface area contributed by atoms with Crippen molar-refractivity contribution in [2.45, 2.75) is 38.6 Å². The highest BCUT2D eigenvalue weighted by Crippen LogP contribution is 2.19. The lowest BCUT2D eigenvalue weighted by Gasteiger charge is -2.22. The van der Waals surface area contributed by atoms with E-state index in [1.165, 1.54) is 12.8 Å². The van der Waals surface area contributed by atoms with Crippen molar-refractivity contribution in [3.05, 3.63) is 0 Å². The zero-order chi connectivity index (χ0) is 10.6. The molecule has 0 bridgehead atoms. The maximum Gasteiger partial charge on any atom is 0.232 e. The molecule has 1 rings (SSSR count). The van der Waals surface area contributed by atoms with Crippen LogP contribution in [-0.2, 0) is 9.05 Å². The molecule has 1 aliphatic heterocycles. The van der Waals surface area contributed by atoms with Crippen molar-refractivity contribution in [1.82, 2.24) is 4.90 Å². The maximum absolute atomic E-state index is 10.7. The highest BCUT2D eigenvalue weighted by Gasteiger charge is 2.22. The van der Waals surface area contributed by atoms with Crippen molar-refractivity contribution in [3.8, 4) is 0 Å². The van der Waals surface area contributed by atoms with Gasteiger partial charge in [0.05, 0.1) is 5.75 Å². The molecule has 0 radical (unpaired) electrons. The predicted octanol–water partition coefficient (Wildman–Crippen LogP) is 1.82. The average Bonchev–Trinajstić information content (AvgIpc) is 2.49. The van der Waals surface area contributed by atoms with Gasteiger partial charge in [-0.3, -0.25) is 0 Å². The van der Waals surface area contributed by atoms with E-state index < -0.39 is 9.05 Å². The van der Waals surface area contributed by atoms with Crippen LogP contribution in [0, 0.1) is 0 Å². The molecule has 0 N–H and O–H groups in total. The number of likely N-dealkylation sites (tertiary alicyclic amines) is 1. The Morgan fingerprint density at radius 3 is 2.79 bits per heavy atom. The Morgan fingerprint density at radius 2 is 2.21 bits per heavy atom. The van der Waals surface area contributed by atoms with Crippen LogP contribution in [0.25, 0.3) is 0 Å². The molecule has 1 unspecified atom stereocenters. The molecule has 0 aliphatic carbocycles. The van der Waals surface area contributed by atoms with Gasteiger partial charge in [0.15, 0.2) is 0 Å². The summed E-state index contributed by atoms with van der Waals surface area (Å²) in [6.45, 7) is 4.16. The molecule has 1 saturated heterocycles. The summed E-state index contributed by atoms with van der Waals surface area (Å²) in [6.07, 6.45) is 4.31. The molecule has 84 valence electrons. The van der Waals surface area contributed by atoms with Gasteiger partial charge in [-0.15, -0.1) is 0 Å². The minimum atomic E-state index is -3.29. The van der Waals surface area contributed by atoms with Gasteiger partial charge in [0.1, 0.15) is 0 Å². The first-order valence-electron chi connectivity index (χ1n) is 5.19. The van der Waals surface area contributed by atoms with E-state index in [2.05, 4.69) is 11.8 Å². The summed E-state index contributed by atoms with van der Waals surface area (Å²) in [5.41, 5.74) is 0. The van der Waals surface area contributed by atoms with Gasteiger partial charge in [-0.1, -0.05) is 6.92 Å². The van der Waals surface area contributed by atoms with E-state index in [9.17, 15) is 8.42 Å². The van der Waals surface area contributed by atoms with Crippen LogP contribution in [0.5, 0.6) is 0 Å². The first kappa shape index (κ1) is 12.3. The van der Waals surface area contributed by atoms with Gasteiger partial charge in [-0.05, 0) is 38.8 Å². The van der Waals surface area contributed by atoms with E-state index >= 15 is 0 Å². The smallest absolute Gasteiger partial charge is 0.232 e. The molecule has 0 aromatic carbocycles. The fourth-order valence-electron chi connectivity index (χ4n) is 2.09. The van der Waals surface area contributed by atoms with Gasteiger partial charge < -0.3 is 4.90 Å². The largest absolute Gasteiger partial charge is 0.300 e. The van der Waals surface area contributed by atoms with Crippen LogP contribution in [0.2, 0.25) is 0 Å². The SMILES string of the molecule is CCC1CCCN1CCCS(=O)(=O)Cl. The van der Waals surface area contributed by atoms with Crippen molar-refractivity contribution >= 4 is 19.7 Å². The Hall–Kier alpha value is 0.200. The Balaban J connectivity index is 2.24. The lowest BCUT2D eigenvalue weighted by molar-refractivity contribution is 0.249. The molecule has 1 heterocycles. The van der Waals surface area contributed by atoms with Crippen LogP contribution in [0.1, 0.15) is 32.6 Å². The van der Waals surface area contributed by atoms with Gasteiger partial charge >= 0.3 is 0 Å². The van der Waals surface area contributed by atoms with E-state index in [1.54, 1.807) is 0 Å². The molecular weight excluding hydrogens is 222 g/mol. The normalized spacial score (nSPS) is 24.3. The standard InChI is InChI=1S/C9H18ClNO2S/c1-2-9-5-3-6-11(9)7-4-8-14(10,12)13/h9H,2-8H2,1H3. The van der Waals surface area contributed by atoms with E-state index in [4.69, 9.17) is 10.7 Å². The van der Waals surface area contributed by atoms with E-state index in [0.717, 1.165) is 19.5 Å². The summed E-state index contributed by atoms with van der Waals surface area (Å²) in [4.78, 5) is 2.38. The Kier molecular flexibility index (Phi) is 4.67. The second-order valence-corrected chi connectivity index (χ2v) is 6.73. The highest BCUT2D eigenvalue weighted by molar-refractivity contribution is 8.13. The average molecular weight is 240 g/mol. The molecule has 5 heteroatoms. The lowest BCUT2D eigenvalue weighted by Crippen LogP contribution is -2.30. The Labute approximate surface area is 90.8 Å². The third-order valence-corrected chi connectivity index (χ3v) is 4.04. The van der Waals surface area contributed by atoms with Gasteiger partial charge in [0, 0.05) is 16.7 Å². The molecule has 0 aromatic heterocycles. The Morgan fingerprint density at radius 1 is 1.50 bits per heavy atom. The first-order valence-corrected chi connectivity index (χ1v) is 7.67. The minimum absolute atomic E-state index is 0.0987. The fourth-order valence-corrected chi connectivity index (χ4v) is 2.89. The molecule has 1 fully saturated rings. The van der Waals surface area contributed by atoms with E-state index in [1.807, 2.05) is 0 Å². The van der Waals surface area contributed by atoms with Gasteiger partial charge in [-0.25, -0.2) is 8.42 Å². The summed E-state index contributed by atoms with van der Waals surface area (Å²) in [5.74, 6) is 0.0987. The molecular formula is C9H18ClNO2S. The maximum atomic E-state index is 10.7. The third kappa shape index (κ3) is 4.15. The molecule has 1 aliphatic rings. The van der Waals surface area contributed by atoms with Gasteiger partial charge in [-0.2, -0.15) is 0 Å². The van der Waals surface area contributed by atoms with Crippen molar-refractivity contribution in [1.29, 1.82) is 0 Å². The zero-order valence-corrected chi connectivity index (χ0v) is 10.1. The summed E-state index contributed by atoms with van der Waals surface area (Å²) < 4.78 is 21.4. The van der Waals surface area contributed by atoms with Crippen molar-refractivity contribution in [2.75, 3.05) is 18.8 Å². The number of halogens is 1. The predicted molar refractivity (Wildman–Crippen MR) is 59.1 cm³/mol. The quantitative estimate of drug-likeness (QED) is 0.687. The molecule has 14 heavy (non-hydrogen) atoms. The zero-order valence-electron chi connectivity index (χ0n) is 8.58. The molecule has 0 saturated carbocycles. The molecule has 1 atom stereocenters. The van der Waals surface area contributed by atoms with Crippen LogP contribution >= 0.6 is 10.7 Å².